The predicted octanol–water partition coefficient (Wildman–Crippen LogP) is 8.12. The fourth-order valence-electron chi connectivity index (χ4n) is 15.2. The third kappa shape index (κ3) is 47.1. The first-order valence-electron chi connectivity index (χ1n) is 44.7. The second-order valence-corrected chi connectivity index (χ2v) is 32.4. The topological polar surface area (TPSA) is 463 Å². The maximum absolute atomic E-state index is 14.2. The molecule has 6 N–H and O–H groups in total. The number of carbonyl (C=O) groups is 15. The first-order valence-corrected chi connectivity index (χ1v) is 44.7. The lowest BCUT2D eigenvalue weighted by atomic mass is 9.88. The average molecular weight is 1760 g/mol. The van der Waals surface area contributed by atoms with Crippen LogP contribution in [0.25, 0.3) is 0 Å². The summed E-state index contributed by atoms with van der Waals surface area (Å²) in [7, 11) is 0. The van der Waals surface area contributed by atoms with Gasteiger partial charge in [-0.3, -0.25) is 71.9 Å². The van der Waals surface area contributed by atoms with E-state index < -0.39 is 164 Å². The number of hydrogen-bond donors (Lipinski definition) is 6. The highest BCUT2D eigenvalue weighted by atomic mass is 16.7. The predicted molar refractivity (Wildman–Crippen MR) is 446 cm³/mol. The number of esters is 7. The Bertz CT molecular complexity index is 3220. The fraction of sp³-hybridized carbons (Fsp3) is 0.828. The molecule has 3 fully saturated rings. The summed E-state index contributed by atoms with van der Waals surface area (Å²) in [6, 6.07) is -1.90. The van der Waals surface area contributed by atoms with Crippen molar-refractivity contribution in [2.45, 2.75) is 369 Å². The van der Waals surface area contributed by atoms with Crippen molar-refractivity contribution in [2.24, 2.45) is 17.8 Å². The standard InChI is InChI=1S/C87H147N7O29/c1-14-69(120-77(109)44-43-76(107)108)84(110)94(50-39-46-89-74(105)41-31-25-19-16-22-28-36-52-112-86-79(91-61(6)96)58(3)82(118-67(12)102)71(122-86)55-115-64(9)99)48-34-33-47-93(75(106)42-32-26-20-17-23-29-37-53-113-87-80(92-62(7)97)59(4)83(119-68(13)103)72(123-87)56-116-65(10)100)49-38-45-88-73(104)40-30-24-18-15-21-27-35-51-111-85-78(90-60(5)95)57(2)81(117-66(11)101)70(121-85)54-114-63(8)98/h57-59,69-72,78-83,85-87H,14-56H2,1-13H3,(H,88,104)(H,89,105)(H,90,95)(H,91,96)(H,92,97)(H,107,108)/t57-,58-,59-,69?,70?,71?,72?,78?,79?,80?,81-,82-,83-,85-,86-,87-/m1/s1. The summed E-state index contributed by atoms with van der Waals surface area (Å²) in [5.74, 6) is -8.16. The number of nitrogens with one attached hydrogen (secondary N) is 5. The summed E-state index contributed by atoms with van der Waals surface area (Å²) in [6.07, 6.45) is 10.8. The van der Waals surface area contributed by atoms with Crippen LogP contribution in [0.1, 0.15) is 289 Å². The van der Waals surface area contributed by atoms with Crippen LogP contribution >= 0.6 is 0 Å². The average Bonchev–Trinajstić information content (AvgIpc) is 0.806. The molecule has 3 saturated heterocycles. The van der Waals surface area contributed by atoms with Crippen LogP contribution in [0.2, 0.25) is 0 Å². The minimum absolute atomic E-state index is 0.0431. The van der Waals surface area contributed by atoms with Crippen LogP contribution in [-0.2, 0) is 133 Å². The lowest BCUT2D eigenvalue weighted by Crippen LogP contribution is -2.62. The number of carboxylic acid groups (broad SMARTS) is 1. The highest BCUT2D eigenvalue weighted by Crippen LogP contribution is 2.34. The van der Waals surface area contributed by atoms with Crippen molar-refractivity contribution in [3.63, 3.8) is 0 Å². The number of ether oxygens (including phenoxy) is 13. The van der Waals surface area contributed by atoms with Gasteiger partial charge in [-0.05, 0) is 70.6 Å². The van der Waals surface area contributed by atoms with E-state index in [4.69, 9.17) is 61.6 Å². The zero-order valence-electron chi connectivity index (χ0n) is 75.4. The van der Waals surface area contributed by atoms with E-state index in [1.165, 1.54) is 62.3 Å². The molecule has 123 heavy (non-hydrogen) atoms. The Morgan fingerprint density at radius 1 is 0.358 bits per heavy atom. The highest BCUT2D eigenvalue weighted by molar-refractivity contribution is 5.85. The van der Waals surface area contributed by atoms with Crippen LogP contribution < -0.4 is 26.6 Å². The molecular formula is C87H147N7O29. The molecule has 0 radical (unpaired) electrons. The van der Waals surface area contributed by atoms with E-state index in [1.807, 2.05) is 20.8 Å². The van der Waals surface area contributed by atoms with E-state index in [-0.39, 0.29) is 81.3 Å². The van der Waals surface area contributed by atoms with Gasteiger partial charge in [0.1, 0.15) is 56.4 Å². The van der Waals surface area contributed by atoms with Crippen LogP contribution in [0, 0.1) is 17.8 Å². The van der Waals surface area contributed by atoms with Crippen LogP contribution in [0.3, 0.4) is 0 Å². The maximum atomic E-state index is 14.2. The Kier molecular flexibility index (Phi) is 55.7. The molecule has 0 aromatic rings. The quantitative estimate of drug-likeness (QED) is 0.0190. The van der Waals surface area contributed by atoms with Crippen LogP contribution in [0.5, 0.6) is 0 Å². The minimum atomic E-state index is -1.19. The summed E-state index contributed by atoms with van der Waals surface area (Å²) in [6.45, 7) is 21.1. The fourth-order valence-corrected chi connectivity index (χ4v) is 15.2. The molecule has 3 rings (SSSR count). The van der Waals surface area contributed by atoms with Gasteiger partial charge in [-0.25, -0.2) is 0 Å². The van der Waals surface area contributed by atoms with Gasteiger partial charge in [0.25, 0.3) is 5.91 Å². The van der Waals surface area contributed by atoms with E-state index in [9.17, 15) is 77.0 Å². The van der Waals surface area contributed by atoms with Gasteiger partial charge in [0.05, 0.1) is 31.0 Å². The largest absolute Gasteiger partial charge is 0.481 e. The Morgan fingerprint density at radius 2 is 0.659 bits per heavy atom. The molecule has 0 aromatic carbocycles. The SMILES string of the molecule is CCC(OC(=O)CCC(=O)O)C(=O)N(CCCCN(CCCNC(=O)CCCCCCCCCO[C@@H]1OC(COC(C)=O)[C@H](OC(C)=O)[C@H](C)C1NC(C)=O)C(=O)CCCCCCCCCO[C@@H]1OC(COC(C)=O)[C@H](OC(C)=O)[C@H](C)C1NC(C)=O)CCCNC(=O)CCCCCCCCCO[C@@H]1OC(COC(C)=O)[C@H](OC(C)=O)[C@H](C)C1NC(C)=O. The second-order valence-electron chi connectivity index (χ2n) is 32.4. The Hall–Kier alpha value is -8.19. The number of unbranched alkanes of at least 4 members (excludes halogenated alkanes) is 19. The lowest BCUT2D eigenvalue weighted by Gasteiger charge is -2.44. The van der Waals surface area contributed by atoms with Crippen LogP contribution in [0.4, 0.5) is 0 Å². The number of nitrogens with zero attached hydrogens (tertiary/aromatic N) is 2. The first kappa shape index (κ1) is 109. The van der Waals surface area contributed by atoms with Crippen LogP contribution in [0.15, 0.2) is 0 Å². The smallest absolute Gasteiger partial charge is 0.307 e. The molecule has 0 aliphatic carbocycles. The molecule has 36 heteroatoms. The molecule has 0 spiro atoms. The lowest BCUT2D eigenvalue weighted by molar-refractivity contribution is -0.262. The zero-order chi connectivity index (χ0) is 91.2. The zero-order valence-corrected chi connectivity index (χ0v) is 75.4. The summed E-state index contributed by atoms with van der Waals surface area (Å²) < 4.78 is 74.6. The Morgan fingerprint density at radius 3 is 0.967 bits per heavy atom. The molecule has 0 bridgehead atoms. The van der Waals surface area contributed by atoms with Crippen molar-refractivity contribution in [2.75, 3.05) is 78.9 Å². The molecule has 3 heterocycles. The van der Waals surface area contributed by atoms with Gasteiger partial charge in [-0.15, -0.1) is 0 Å². The van der Waals surface area contributed by atoms with Crippen molar-refractivity contribution in [3.05, 3.63) is 0 Å². The molecule has 16 atom stereocenters. The van der Waals surface area contributed by atoms with Crippen LogP contribution in [-0.4, -0.2) is 263 Å². The number of hydrogen-bond acceptors (Lipinski definition) is 28. The van der Waals surface area contributed by atoms with Gasteiger partial charge in [0.15, 0.2) is 25.0 Å². The molecule has 0 saturated carbocycles. The van der Waals surface area contributed by atoms with Gasteiger partial charge in [-0.1, -0.05) is 124 Å². The molecule has 36 nitrogen and oxygen atoms in total. The van der Waals surface area contributed by atoms with Gasteiger partial charge in [0.2, 0.25) is 35.4 Å². The number of rotatable bonds is 64. The Labute approximate surface area is 726 Å². The molecule has 0 aromatic heterocycles. The number of amides is 7. The summed E-state index contributed by atoms with van der Waals surface area (Å²) in [5, 5.41) is 23.8. The first-order chi connectivity index (χ1) is 58.6. The Balaban J connectivity index is 1.56. The third-order valence-corrected chi connectivity index (χ3v) is 21.6. The molecule has 704 valence electrons. The summed E-state index contributed by atoms with van der Waals surface area (Å²) in [4.78, 5) is 190. The van der Waals surface area contributed by atoms with Crippen molar-refractivity contribution in [1.29, 1.82) is 0 Å². The van der Waals surface area contributed by atoms with Gasteiger partial charge >= 0.3 is 47.8 Å². The second kappa shape index (κ2) is 62.8. The van der Waals surface area contributed by atoms with Gasteiger partial charge < -0.3 is 103 Å². The third-order valence-electron chi connectivity index (χ3n) is 21.6. The van der Waals surface area contributed by atoms with Crippen molar-refractivity contribution in [3.8, 4) is 0 Å². The molecule has 7 unspecified atom stereocenters. The highest BCUT2D eigenvalue weighted by Gasteiger charge is 2.50. The minimum Gasteiger partial charge on any atom is -0.481 e. The molecule has 7 amide bonds. The van der Waals surface area contributed by atoms with Gasteiger partial charge in [0, 0.05) is 158 Å². The maximum Gasteiger partial charge on any atom is 0.307 e. The molecular weight excluding hydrogens is 1610 g/mol. The molecule has 3 aliphatic heterocycles. The normalized spacial score (nSPS) is 22.5. The van der Waals surface area contributed by atoms with Gasteiger partial charge in [-0.2, -0.15) is 0 Å². The molecule has 3 aliphatic rings. The van der Waals surface area contributed by atoms with E-state index in [0.717, 1.165) is 96.3 Å². The number of aliphatic carboxylic acids is 1. The summed E-state index contributed by atoms with van der Waals surface area (Å²) >= 11 is 0. The van der Waals surface area contributed by atoms with Crippen molar-refractivity contribution < 1.29 is 139 Å². The monoisotopic (exact) mass is 1750 g/mol. The van der Waals surface area contributed by atoms with E-state index in [0.29, 0.717) is 123 Å². The van der Waals surface area contributed by atoms with E-state index in [1.54, 1.807) is 16.7 Å². The van der Waals surface area contributed by atoms with Crippen molar-refractivity contribution in [1.82, 2.24) is 36.4 Å². The number of carboxylic acids is 1. The summed E-state index contributed by atoms with van der Waals surface area (Å²) in [5.41, 5.74) is 0. The van der Waals surface area contributed by atoms with E-state index in [2.05, 4.69) is 26.6 Å². The number of carbonyl (C=O) groups excluding carboxylic acids is 14. The van der Waals surface area contributed by atoms with Crippen molar-refractivity contribution >= 4 is 89.1 Å². The van der Waals surface area contributed by atoms with E-state index >= 15 is 0 Å².